The molecule has 27 heavy (non-hydrogen) atoms. The Kier molecular flexibility index (Phi) is 5.67. The van der Waals surface area contributed by atoms with Crippen molar-refractivity contribution in [3.63, 3.8) is 0 Å². The number of hydrogen-bond donors (Lipinski definition) is 4. The average Bonchev–Trinajstić information content (AvgIpc) is 2.95. The highest BCUT2D eigenvalue weighted by atomic mass is 32.1. The van der Waals surface area contributed by atoms with Crippen molar-refractivity contribution in [3.8, 4) is 11.4 Å². The molecule has 2 aromatic rings. The standard InChI is InChI=1S/C16H21N5O5S/c1-8(23)18-11-13(25)12(24)10(7-22)26-15(11)21-16(27)20(2)14(19-21)9-3-5-17-6-4-9/h3-6,10-13,15,22,24-25H,7H2,1-2H3,(H,18,23)/t10-,11-,12-,13-,15-/m1/s1. The van der Waals surface area contributed by atoms with Gasteiger partial charge in [-0.05, 0) is 24.4 Å². The fraction of sp³-hybridized carbons (Fsp3) is 0.500. The first-order valence-electron chi connectivity index (χ1n) is 8.30. The van der Waals surface area contributed by atoms with E-state index in [1.54, 1.807) is 36.1 Å². The molecule has 0 unspecified atom stereocenters. The van der Waals surface area contributed by atoms with Gasteiger partial charge in [-0.3, -0.25) is 9.78 Å². The van der Waals surface area contributed by atoms with Crippen molar-refractivity contribution < 1.29 is 24.9 Å². The van der Waals surface area contributed by atoms with Crippen molar-refractivity contribution in [1.29, 1.82) is 0 Å². The monoisotopic (exact) mass is 395 g/mol. The summed E-state index contributed by atoms with van der Waals surface area (Å²) < 4.78 is 9.02. The first-order chi connectivity index (χ1) is 12.8. The number of ether oxygens (including phenoxy) is 1. The van der Waals surface area contributed by atoms with Crippen molar-refractivity contribution in [1.82, 2.24) is 24.6 Å². The quantitative estimate of drug-likeness (QED) is 0.491. The minimum absolute atomic E-state index is 0.280. The minimum atomic E-state index is -1.38. The van der Waals surface area contributed by atoms with E-state index in [2.05, 4.69) is 15.4 Å². The van der Waals surface area contributed by atoms with Crippen LogP contribution in [0, 0.1) is 4.77 Å². The van der Waals surface area contributed by atoms with Gasteiger partial charge in [-0.1, -0.05) is 0 Å². The number of nitrogens with zero attached hydrogens (tertiary/aromatic N) is 4. The Morgan fingerprint density at radius 2 is 2.00 bits per heavy atom. The summed E-state index contributed by atoms with van der Waals surface area (Å²) in [7, 11) is 1.73. The Bertz CT molecular complexity index is 870. The number of hydrogen-bond acceptors (Lipinski definition) is 8. The summed E-state index contributed by atoms with van der Waals surface area (Å²) in [6, 6.07) is 2.53. The van der Waals surface area contributed by atoms with Crippen LogP contribution >= 0.6 is 12.2 Å². The third-order valence-electron chi connectivity index (χ3n) is 4.45. The van der Waals surface area contributed by atoms with Gasteiger partial charge >= 0.3 is 0 Å². The van der Waals surface area contributed by atoms with Crippen molar-refractivity contribution in [3.05, 3.63) is 29.3 Å². The fourth-order valence-electron chi connectivity index (χ4n) is 3.07. The number of carbonyl (C=O) groups excluding carboxylic acids is 1. The second kappa shape index (κ2) is 7.82. The number of aliphatic hydroxyl groups excluding tert-OH is 3. The molecule has 146 valence electrons. The molecule has 1 aliphatic heterocycles. The van der Waals surface area contributed by atoms with Gasteiger partial charge in [0.1, 0.15) is 24.4 Å². The Balaban J connectivity index is 2.06. The van der Waals surface area contributed by atoms with Crippen molar-refractivity contribution in [2.24, 2.45) is 7.05 Å². The van der Waals surface area contributed by atoms with Gasteiger partial charge in [0, 0.05) is 31.9 Å². The van der Waals surface area contributed by atoms with Crippen LogP contribution < -0.4 is 5.32 Å². The Hall–Kier alpha value is -2.18. The van der Waals surface area contributed by atoms with Gasteiger partial charge in [0.15, 0.2) is 16.8 Å². The van der Waals surface area contributed by atoms with Gasteiger partial charge in [0.2, 0.25) is 5.91 Å². The molecule has 0 bridgehead atoms. The maximum absolute atomic E-state index is 11.6. The van der Waals surface area contributed by atoms with Gasteiger partial charge in [0.05, 0.1) is 6.61 Å². The second-order valence-corrected chi connectivity index (χ2v) is 6.67. The number of pyridine rings is 1. The predicted octanol–water partition coefficient (Wildman–Crippen LogP) is -0.871. The Labute approximate surface area is 160 Å². The van der Waals surface area contributed by atoms with Crippen LogP contribution in [-0.4, -0.2) is 71.5 Å². The summed E-state index contributed by atoms with van der Waals surface area (Å²) in [6.07, 6.45) is -1.58. The molecule has 0 spiro atoms. The third-order valence-corrected chi connectivity index (χ3v) is 4.91. The third kappa shape index (κ3) is 3.64. The number of aromatic nitrogens is 4. The summed E-state index contributed by atoms with van der Waals surface area (Å²) in [5, 5.41) is 37.1. The van der Waals surface area contributed by atoms with Crippen LogP contribution in [0.15, 0.2) is 24.5 Å². The Morgan fingerprint density at radius 1 is 1.33 bits per heavy atom. The minimum Gasteiger partial charge on any atom is -0.394 e. The van der Waals surface area contributed by atoms with Gasteiger partial charge < -0.3 is 29.9 Å². The topological polar surface area (TPSA) is 135 Å². The molecule has 11 heteroatoms. The molecule has 1 amide bonds. The highest BCUT2D eigenvalue weighted by molar-refractivity contribution is 7.71. The second-order valence-electron chi connectivity index (χ2n) is 6.30. The van der Waals surface area contributed by atoms with Gasteiger partial charge in [-0.2, -0.15) is 0 Å². The van der Waals surface area contributed by atoms with E-state index in [4.69, 9.17) is 17.0 Å². The van der Waals surface area contributed by atoms with E-state index in [1.807, 2.05) is 0 Å². The van der Waals surface area contributed by atoms with Crippen LogP contribution in [0.25, 0.3) is 11.4 Å². The summed E-state index contributed by atoms with van der Waals surface area (Å²) in [4.78, 5) is 15.6. The summed E-state index contributed by atoms with van der Waals surface area (Å²) >= 11 is 5.45. The molecule has 3 heterocycles. The fourth-order valence-corrected chi connectivity index (χ4v) is 3.30. The van der Waals surface area contributed by atoms with Crippen LogP contribution in [0.5, 0.6) is 0 Å². The molecule has 10 nitrogen and oxygen atoms in total. The number of aliphatic hydroxyl groups is 3. The smallest absolute Gasteiger partial charge is 0.217 e. The first-order valence-corrected chi connectivity index (χ1v) is 8.71. The molecule has 1 fully saturated rings. The van der Waals surface area contributed by atoms with Crippen LogP contribution in [0.1, 0.15) is 13.2 Å². The van der Waals surface area contributed by atoms with Crippen molar-refractivity contribution in [2.45, 2.75) is 37.5 Å². The van der Waals surface area contributed by atoms with E-state index < -0.39 is 43.1 Å². The zero-order valence-corrected chi connectivity index (χ0v) is 15.6. The maximum atomic E-state index is 11.6. The summed E-state index contributed by atoms with van der Waals surface area (Å²) in [5.41, 5.74) is 0.767. The predicted molar refractivity (Wildman–Crippen MR) is 95.9 cm³/mol. The van der Waals surface area contributed by atoms with E-state index in [0.717, 1.165) is 5.56 Å². The molecule has 0 saturated carbocycles. The highest BCUT2D eigenvalue weighted by Crippen LogP contribution is 2.29. The molecular weight excluding hydrogens is 374 g/mol. The first kappa shape index (κ1) is 19.6. The number of nitrogens with one attached hydrogen (secondary N) is 1. The molecule has 4 N–H and O–H groups in total. The highest BCUT2D eigenvalue weighted by Gasteiger charge is 2.46. The maximum Gasteiger partial charge on any atom is 0.217 e. The molecule has 0 aromatic carbocycles. The van der Waals surface area contributed by atoms with Gasteiger partial charge in [-0.25, -0.2) is 4.68 Å². The van der Waals surface area contributed by atoms with E-state index in [-0.39, 0.29) is 4.77 Å². The summed E-state index contributed by atoms with van der Waals surface area (Å²) in [5.74, 6) is 0.118. The van der Waals surface area contributed by atoms with E-state index in [0.29, 0.717) is 5.82 Å². The molecule has 0 radical (unpaired) electrons. The lowest BCUT2D eigenvalue weighted by Gasteiger charge is -2.42. The SMILES string of the molecule is CC(=O)N[C@@H]1[C@@H](O)[C@H](O)[C@@H](CO)O[C@H]1n1nc(-c2ccncc2)n(C)c1=S. The van der Waals surface area contributed by atoms with Crippen LogP contribution in [0.4, 0.5) is 0 Å². The lowest BCUT2D eigenvalue weighted by molar-refractivity contribution is -0.219. The molecule has 1 saturated heterocycles. The van der Waals surface area contributed by atoms with Gasteiger partial charge in [-0.15, -0.1) is 5.10 Å². The van der Waals surface area contributed by atoms with E-state index >= 15 is 0 Å². The van der Waals surface area contributed by atoms with E-state index in [9.17, 15) is 20.1 Å². The molecular formula is C16H21N5O5S. The lowest BCUT2D eigenvalue weighted by atomic mass is 9.96. The largest absolute Gasteiger partial charge is 0.394 e. The van der Waals surface area contributed by atoms with Crippen LogP contribution in [-0.2, 0) is 16.6 Å². The van der Waals surface area contributed by atoms with Crippen LogP contribution in [0.3, 0.4) is 0 Å². The Morgan fingerprint density at radius 3 is 2.59 bits per heavy atom. The number of carbonyl (C=O) groups is 1. The molecule has 1 aliphatic rings. The van der Waals surface area contributed by atoms with Gasteiger partial charge in [0.25, 0.3) is 0 Å². The zero-order valence-electron chi connectivity index (χ0n) is 14.8. The molecule has 5 atom stereocenters. The lowest BCUT2D eigenvalue weighted by Crippen LogP contribution is -2.62. The van der Waals surface area contributed by atoms with Crippen LogP contribution in [0.2, 0.25) is 0 Å². The number of rotatable bonds is 4. The van der Waals surface area contributed by atoms with E-state index in [1.165, 1.54) is 11.6 Å². The zero-order chi connectivity index (χ0) is 19.7. The molecule has 3 rings (SSSR count). The number of amides is 1. The molecule has 0 aliphatic carbocycles. The normalized spacial score (nSPS) is 28.1. The molecule has 2 aromatic heterocycles. The summed E-state index contributed by atoms with van der Waals surface area (Å²) in [6.45, 7) is 0.771. The average molecular weight is 395 g/mol. The van der Waals surface area contributed by atoms with Crippen molar-refractivity contribution >= 4 is 18.1 Å². The van der Waals surface area contributed by atoms with Crippen molar-refractivity contribution in [2.75, 3.05) is 6.61 Å².